The second kappa shape index (κ2) is 7.96. The van der Waals surface area contributed by atoms with E-state index in [4.69, 9.17) is 9.84 Å². The van der Waals surface area contributed by atoms with Crippen LogP contribution in [0.4, 0.5) is 5.69 Å². The first-order valence-corrected chi connectivity index (χ1v) is 8.74. The van der Waals surface area contributed by atoms with Crippen LogP contribution < -0.4 is 9.64 Å². The number of carboxylic acid groups (broad SMARTS) is 1. The molecule has 8 heteroatoms. The fourth-order valence-electron chi connectivity index (χ4n) is 2.34. The van der Waals surface area contributed by atoms with Gasteiger partial charge in [0.15, 0.2) is 11.8 Å². The molecular weight excluding hydrogens is 368 g/mol. The third kappa shape index (κ3) is 4.48. The molecule has 1 amide bonds. The van der Waals surface area contributed by atoms with Crippen molar-refractivity contribution in [1.29, 1.82) is 0 Å². The van der Waals surface area contributed by atoms with Crippen LogP contribution in [0.15, 0.2) is 58.4 Å². The second-order valence-corrected chi connectivity index (χ2v) is 6.61. The van der Waals surface area contributed by atoms with Crippen LogP contribution >= 0.6 is 11.8 Å². The Morgan fingerprint density at radius 3 is 2.63 bits per heavy atom. The van der Waals surface area contributed by atoms with Crippen molar-refractivity contribution in [3.63, 3.8) is 0 Å². The van der Waals surface area contributed by atoms with E-state index in [1.165, 1.54) is 11.8 Å². The number of phenolic OH excluding ortho intramolecular Hbond substituents is 1. The quantitative estimate of drug-likeness (QED) is 0.765. The highest BCUT2D eigenvalue weighted by atomic mass is 32.2. The normalized spacial score (nSPS) is 14.9. The average molecular weight is 384 g/mol. The minimum atomic E-state index is -1.08. The Hall–Kier alpha value is -3.26. The molecule has 0 unspecified atom stereocenters. The predicted octanol–water partition coefficient (Wildman–Crippen LogP) is 2.96. The van der Waals surface area contributed by atoms with E-state index in [2.05, 4.69) is 4.99 Å². The molecule has 7 nitrogen and oxygen atoms in total. The minimum absolute atomic E-state index is 0.155. The van der Waals surface area contributed by atoms with Crippen molar-refractivity contribution in [2.75, 3.05) is 18.6 Å². The summed E-state index contributed by atoms with van der Waals surface area (Å²) < 4.78 is 5.26. The van der Waals surface area contributed by atoms with E-state index >= 15 is 0 Å². The predicted molar refractivity (Wildman–Crippen MR) is 104 cm³/mol. The summed E-state index contributed by atoms with van der Waals surface area (Å²) in [5.41, 5.74) is 1.37. The summed E-state index contributed by atoms with van der Waals surface area (Å²) in [5.74, 6) is -0.928. The van der Waals surface area contributed by atoms with Crippen molar-refractivity contribution in [3.8, 4) is 11.5 Å². The minimum Gasteiger partial charge on any atom is -0.508 e. The Kier molecular flexibility index (Phi) is 5.46. The number of nitrogens with zero attached hydrogens (tertiary/aromatic N) is 2. The lowest BCUT2D eigenvalue weighted by molar-refractivity contribution is -0.139. The molecule has 1 aliphatic heterocycles. The van der Waals surface area contributed by atoms with Crippen LogP contribution in [0.2, 0.25) is 0 Å². The van der Waals surface area contributed by atoms with Crippen LogP contribution in [-0.4, -0.2) is 40.9 Å². The summed E-state index contributed by atoms with van der Waals surface area (Å²) in [4.78, 5) is 29.2. The van der Waals surface area contributed by atoms with Gasteiger partial charge < -0.3 is 19.8 Å². The van der Waals surface area contributed by atoms with Crippen LogP contribution in [0.1, 0.15) is 5.56 Å². The van der Waals surface area contributed by atoms with E-state index in [1.54, 1.807) is 66.6 Å². The topological polar surface area (TPSA) is 99.4 Å². The molecule has 3 rings (SSSR count). The van der Waals surface area contributed by atoms with Gasteiger partial charge in [0.2, 0.25) is 0 Å². The lowest BCUT2D eigenvalue weighted by Gasteiger charge is -2.17. The second-order valence-electron chi connectivity index (χ2n) is 5.61. The molecule has 0 fully saturated rings. The molecule has 0 spiro atoms. The van der Waals surface area contributed by atoms with E-state index in [1.807, 2.05) is 0 Å². The highest BCUT2D eigenvalue weighted by Crippen LogP contribution is 2.33. The molecule has 0 atom stereocenters. The number of benzene rings is 2. The van der Waals surface area contributed by atoms with Crippen LogP contribution in [-0.2, 0) is 9.59 Å². The van der Waals surface area contributed by atoms with Gasteiger partial charge in [-0.25, -0.2) is 4.79 Å². The first-order chi connectivity index (χ1) is 12.9. The number of carbonyl (C=O) groups excluding carboxylic acids is 1. The van der Waals surface area contributed by atoms with E-state index in [9.17, 15) is 14.7 Å². The third-order valence-electron chi connectivity index (χ3n) is 3.69. The van der Waals surface area contributed by atoms with Gasteiger partial charge >= 0.3 is 5.97 Å². The zero-order valence-corrected chi connectivity index (χ0v) is 15.1. The maximum Gasteiger partial charge on any atom is 0.341 e. The molecule has 0 radical (unpaired) electrons. The number of ether oxygens (including phenoxy) is 1. The zero-order valence-electron chi connectivity index (χ0n) is 14.3. The van der Waals surface area contributed by atoms with Crippen molar-refractivity contribution in [2.45, 2.75) is 0 Å². The number of amidine groups is 1. The van der Waals surface area contributed by atoms with Gasteiger partial charge in [0.25, 0.3) is 5.91 Å². The highest BCUT2D eigenvalue weighted by Gasteiger charge is 2.25. The largest absolute Gasteiger partial charge is 0.508 e. The monoisotopic (exact) mass is 384 g/mol. The molecule has 138 valence electrons. The lowest BCUT2D eigenvalue weighted by atomic mass is 10.2. The average Bonchev–Trinajstić information content (AvgIpc) is 3.01. The molecular formula is C19H16N2O5S. The van der Waals surface area contributed by atoms with Gasteiger partial charge in [-0.2, -0.15) is 4.99 Å². The first kappa shape index (κ1) is 18.5. The van der Waals surface area contributed by atoms with Crippen LogP contribution in [0.3, 0.4) is 0 Å². The fourth-order valence-corrected chi connectivity index (χ4v) is 3.23. The number of aliphatic imine (C=N–C) groups is 1. The molecule has 0 aliphatic carbocycles. The number of amides is 1. The fraction of sp³-hybridized carbons (Fsp3) is 0.105. The van der Waals surface area contributed by atoms with Crippen LogP contribution in [0, 0.1) is 0 Å². The van der Waals surface area contributed by atoms with Crippen LogP contribution in [0.25, 0.3) is 6.08 Å². The number of hydrogen-bond acceptors (Lipinski definition) is 6. The van der Waals surface area contributed by atoms with Crippen molar-refractivity contribution in [3.05, 3.63) is 59.0 Å². The number of aliphatic carboxylic acids is 1. The number of hydrogen-bond donors (Lipinski definition) is 2. The molecule has 1 heterocycles. The van der Waals surface area contributed by atoms with Gasteiger partial charge in [-0.3, -0.25) is 4.79 Å². The summed E-state index contributed by atoms with van der Waals surface area (Å²) in [6.45, 7) is -0.466. The summed E-state index contributed by atoms with van der Waals surface area (Å²) in [5, 5.41) is 18.7. The van der Waals surface area contributed by atoms with Gasteiger partial charge in [-0.05, 0) is 48.2 Å². The number of phenols is 1. The summed E-state index contributed by atoms with van der Waals surface area (Å²) in [6.07, 6.45) is 1.63. The molecule has 2 aromatic carbocycles. The molecule has 0 saturated carbocycles. The van der Waals surface area contributed by atoms with Gasteiger partial charge in [0.1, 0.15) is 11.5 Å². The van der Waals surface area contributed by atoms with Crippen molar-refractivity contribution >= 4 is 40.6 Å². The Labute approximate surface area is 159 Å². The SMILES string of the molecule is CN(C1=NC(=O)C(=Cc2ccccc2OCC(=O)O)S1)c1ccc(O)cc1. The number of para-hydroxylation sites is 1. The molecule has 27 heavy (non-hydrogen) atoms. The molecule has 0 saturated heterocycles. The number of carbonyl (C=O) groups is 2. The smallest absolute Gasteiger partial charge is 0.341 e. The van der Waals surface area contributed by atoms with Crippen molar-refractivity contribution in [2.24, 2.45) is 4.99 Å². The molecule has 1 aliphatic rings. The standard InChI is InChI=1S/C19H16N2O5S/c1-21(13-6-8-14(22)9-7-13)19-20-18(25)16(27-19)10-12-4-2-3-5-15(12)26-11-17(23)24/h2-10,22H,11H2,1H3,(H,23,24). The van der Waals surface area contributed by atoms with Crippen molar-refractivity contribution in [1.82, 2.24) is 0 Å². The zero-order chi connectivity index (χ0) is 19.4. The summed E-state index contributed by atoms with van der Waals surface area (Å²) in [7, 11) is 1.78. The number of carboxylic acids is 1. The maximum atomic E-state index is 12.3. The number of thioether (sulfide) groups is 1. The first-order valence-electron chi connectivity index (χ1n) is 7.93. The highest BCUT2D eigenvalue weighted by molar-refractivity contribution is 8.18. The van der Waals surface area contributed by atoms with E-state index in [-0.39, 0.29) is 11.7 Å². The van der Waals surface area contributed by atoms with E-state index in [0.717, 1.165) is 5.69 Å². The Morgan fingerprint density at radius 1 is 1.22 bits per heavy atom. The Morgan fingerprint density at radius 2 is 1.93 bits per heavy atom. The van der Waals surface area contributed by atoms with Gasteiger partial charge in [-0.15, -0.1) is 0 Å². The van der Waals surface area contributed by atoms with Crippen LogP contribution in [0.5, 0.6) is 11.5 Å². The summed E-state index contributed by atoms with van der Waals surface area (Å²) >= 11 is 1.21. The summed E-state index contributed by atoms with van der Waals surface area (Å²) in [6, 6.07) is 13.4. The van der Waals surface area contributed by atoms with Gasteiger partial charge in [0, 0.05) is 18.3 Å². The maximum absolute atomic E-state index is 12.3. The Balaban J connectivity index is 1.79. The van der Waals surface area contributed by atoms with Gasteiger partial charge in [0.05, 0.1) is 4.91 Å². The molecule has 2 aromatic rings. The van der Waals surface area contributed by atoms with Gasteiger partial charge in [-0.1, -0.05) is 18.2 Å². The van der Waals surface area contributed by atoms with E-state index in [0.29, 0.717) is 21.4 Å². The van der Waals surface area contributed by atoms with E-state index < -0.39 is 12.6 Å². The molecule has 2 N–H and O–H groups in total. The number of aromatic hydroxyl groups is 1. The third-order valence-corrected chi connectivity index (χ3v) is 4.75. The Bertz CT molecular complexity index is 937. The number of anilines is 1. The number of rotatable bonds is 5. The van der Waals surface area contributed by atoms with Crippen molar-refractivity contribution < 1.29 is 24.5 Å². The lowest BCUT2D eigenvalue weighted by Crippen LogP contribution is -2.21. The molecule has 0 aromatic heterocycles. The molecule has 0 bridgehead atoms.